The van der Waals surface area contributed by atoms with E-state index in [1.54, 1.807) is 0 Å². The Kier molecular flexibility index (Phi) is 4.59. The van der Waals surface area contributed by atoms with Crippen LogP contribution in [0.4, 0.5) is 4.79 Å². The zero-order chi connectivity index (χ0) is 12.8. The fourth-order valence-corrected chi connectivity index (χ4v) is 2.29. The van der Waals surface area contributed by atoms with E-state index >= 15 is 0 Å². The summed E-state index contributed by atoms with van der Waals surface area (Å²) in [5.41, 5.74) is 1.36. The Bertz CT molecular complexity index is 380. The first-order valence-electron chi connectivity index (χ1n) is 6.62. The average molecular weight is 247 g/mol. The van der Waals surface area contributed by atoms with E-state index in [-0.39, 0.29) is 6.03 Å². The second kappa shape index (κ2) is 6.40. The van der Waals surface area contributed by atoms with Gasteiger partial charge in [0.2, 0.25) is 0 Å². The van der Waals surface area contributed by atoms with Crippen LogP contribution in [-0.4, -0.2) is 35.6 Å². The highest BCUT2D eigenvalue weighted by molar-refractivity contribution is 5.74. The number of urea groups is 1. The Morgan fingerprint density at radius 1 is 1.11 bits per heavy atom. The van der Waals surface area contributed by atoms with E-state index in [2.05, 4.69) is 24.3 Å². The first-order valence-corrected chi connectivity index (χ1v) is 6.62. The molecule has 1 aliphatic heterocycles. The topological polar surface area (TPSA) is 49.6 Å². The first-order chi connectivity index (χ1) is 8.77. The summed E-state index contributed by atoms with van der Waals surface area (Å²) in [7, 11) is 0. The van der Waals surface area contributed by atoms with Crippen LogP contribution < -0.4 is 5.84 Å². The number of benzene rings is 1. The molecule has 2 amide bonds. The second-order valence-electron chi connectivity index (χ2n) is 4.76. The highest BCUT2D eigenvalue weighted by Crippen LogP contribution is 2.09. The molecule has 0 radical (unpaired) electrons. The zero-order valence-electron chi connectivity index (χ0n) is 10.7. The standard InChI is InChI=1S/C14H21N3O/c15-17-12-6-11-16(14(17)18)10-5-4-9-13-7-2-1-3-8-13/h1-3,7-8H,4-6,9-12,15H2. The molecule has 1 aromatic carbocycles. The fourth-order valence-electron chi connectivity index (χ4n) is 2.29. The van der Waals surface area contributed by atoms with Crippen LogP contribution in [0.3, 0.4) is 0 Å². The van der Waals surface area contributed by atoms with Gasteiger partial charge in [0.15, 0.2) is 0 Å². The van der Waals surface area contributed by atoms with E-state index in [9.17, 15) is 4.79 Å². The molecule has 0 aromatic heterocycles. The van der Waals surface area contributed by atoms with Gasteiger partial charge in [-0.1, -0.05) is 30.3 Å². The molecule has 0 spiro atoms. The Hall–Kier alpha value is -1.55. The molecule has 18 heavy (non-hydrogen) atoms. The summed E-state index contributed by atoms with van der Waals surface area (Å²) >= 11 is 0. The Morgan fingerprint density at radius 2 is 1.89 bits per heavy atom. The highest BCUT2D eigenvalue weighted by Gasteiger charge is 2.22. The third kappa shape index (κ3) is 3.47. The number of carbonyl (C=O) groups is 1. The van der Waals surface area contributed by atoms with Crippen molar-refractivity contribution in [1.82, 2.24) is 9.91 Å². The number of carbonyl (C=O) groups excluding carboxylic acids is 1. The van der Waals surface area contributed by atoms with Crippen LogP contribution in [0.15, 0.2) is 30.3 Å². The molecule has 98 valence electrons. The summed E-state index contributed by atoms with van der Waals surface area (Å²) in [6.45, 7) is 2.34. The van der Waals surface area contributed by atoms with Crippen molar-refractivity contribution < 1.29 is 4.79 Å². The molecule has 2 N–H and O–H groups in total. The third-order valence-electron chi connectivity index (χ3n) is 3.33. The van der Waals surface area contributed by atoms with Gasteiger partial charge < -0.3 is 4.90 Å². The minimum atomic E-state index is -0.0269. The minimum absolute atomic E-state index is 0.0269. The van der Waals surface area contributed by atoms with E-state index in [0.29, 0.717) is 6.54 Å². The van der Waals surface area contributed by atoms with Crippen LogP contribution >= 0.6 is 0 Å². The van der Waals surface area contributed by atoms with Crippen molar-refractivity contribution in [2.75, 3.05) is 19.6 Å². The molecule has 4 nitrogen and oxygen atoms in total. The number of hydrogen-bond donors (Lipinski definition) is 1. The summed E-state index contributed by atoms with van der Waals surface area (Å²) in [4.78, 5) is 13.6. The van der Waals surface area contributed by atoms with Crippen molar-refractivity contribution in [3.05, 3.63) is 35.9 Å². The third-order valence-corrected chi connectivity index (χ3v) is 3.33. The lowest BCUT2D eigenvalue weighted by Gasteiger charge is -2.32. The van der Waals surface area contributed by atoms with Gasteiger partial charge in [-0.3, -0.25) is 5.01 Å². The van der Waals surface area contributed by atoms with Crippen LogP contribution in [0.1, 0.15) is 24.8 Å². The van der Waals surface area contributed by atoms with Gasteiger partial charge in [-0.15, -0.1) is 0 Å². The van der Waals surface area contributed by atoms with Crippen molar-refractivity contribution in [3.63, 3.8) is 0 Å². The number of nitrogens with two attached hydrogens (primary N) is 1. The number of aryl methyl sites for hydroxylation is 1. The number of rotatable bonds is 5. The summed E-state index contributed by atoms with van der Waals surface area (Å²) in [5, 5.41) is 1.32. The molecule has 1 heterocycles. The van der Waals surface area contributed by atoms with E-state index in [0.717, 1.165) is 38.8 Å². The molecule has 1 saturated heterocycles. The maximum Gasteiger partial charge on any atom is 0.334 e. The zero-order valence-corrected chi connectivity index (χ0v) is 10.7. The van der Waals surface area contributed by atoms with Crippen LogP contribution in [-0.2, 0) is 6.42 Å². The minimum Gasteiger partial charge on any atom is -0.323 e. The van der Waals surface area contributed by atoms with E-state index in [1.165, 1.54) is 10.6 Å². The molecular weight excluding hydrogens is 226 g/mol. The molecule has 1 aliphatic rings. The molecule has 1 aromatic rings. The highest BCUT2D eigenvalue weighted by atomic mass is 16.2. The number of unbranched alkanes of at least 4 members (excludes halogenated alkanes) is 1. The lowest BCUT2D eigenvalue weighted by atomic mass is 10.1. The van der Waals surface area contributed by atoms with E-state index in [1.807, 2.05) is 11.0 Å². The summed E-state index contributed by atoms with van der Waals surface area (Å²) in [6.07, 6.45) is 4.20. The van der Waals surface area contributed by atoms with Gasteiger partial charge in [-0.05, 0) is 31.2 Å². The Balaban J connectivity index is 1.68. The van der Waals surface area contributed by atoms with Gasteiger partial charge in [0.05, 0.1) is 0 Å². The summed E-state index contributed by atoms with van der Waals surface area (Å²) in [5.74, 6) is 5.61. The molecule has 0 saturated carbocycles. The Labute approximate surface area is 108 Å². The predicted octanol–water partition coefficient (Wildman–Crippen LogP) is 2.01. The van der Waals surface area contributed by atoms with Crippen LogP contribution in [0.25, 0.3) is 0 Å². The quantitative estimate of drug-likeness (QED) is 0.491. The SMILES string of the molecule is NN1CCCN(CCCCc2ccccc2)C1=O. The van der Waals surface area contributed by atoms with Crippen molar-refractivity contribution in [3.8, 4) is 0 Å². The molecule has 0 unspecified atom stereocenters. The molecule has 0 aliphatic carbocycles. The largest absolute Gasteiger partial charge is 0.334 e. The first kappa shape index (κ1) is 12.9. The van der Waals surface area contributed by atoms with E-state index < -0.39 is 0 Å². The van der Waals surface area contributed by atoms with Crippen molar-refractivity contribution in [1.29, 1.82) is 0 Å². The number of hydrazine groups is 1. The summed E-state index contributed by atoms with van der Waals surface area (Å²) in [6, 6.07) is 10.4. The molecule has 4 heteroatoms. The Morgan fingerprint density at radius 3 is 2.67 bits per heavy atom. The molecular formula is C14H21N3O. The van der Waals surface area contributed by atoms with Gasteiger partial charge in [0.25, 0.3) is 0 Å². The fraction of sp³-hybridized carbons (Fsp3) is 0.500. The van der Waals surface area contributed by atoms with Gasteiger partial charge in [0, 0.05) is 19.6 Å². The van der Waals surface area contributed by atoms with Crippen molar-refractivity contribution in [2.45, 2.75) is 25.7 Å². The maximum atomic E-state index is 11.7. The monoisotopic (exact) mass is 247 g/mol. The van der Waals surface area contributed by atoms with Gasteiger partial charge in [0.1, 0.15) is 0 Å². The van der Waals surface area contributed by atoms with Gasteiger partial charge in [-0.25, -0.2) is 10.6 Å². The van der Waals surface area contributed by atoms with Gasteiger partial charge >= 0.3 is 6.03 Å². The van der Waals surface area contributed by atoms with Crippen LogP contribution in [0.5, 0.6) is 0 Å². The lowest BCUT2D eigenvalue weighted by Crippen LogP contribution is -2.52. The normalized spacial score (nSPS) is 16.2. The van der Waals surface area contributed by atoms with Crippen molar-refractivity contribution >= 4 is 6.03 Å². The average Bonchev–Trinajstić information content (AvgIpc) is 2.40. The van der Waals surface area contributed by atoms with E-state index in [4.69, 9.17) is 5.84 Å². The van der Waals surface area contributed by atoms with Crippen molar-refractivity contribution in [2.24, 2.45) is 5.84 Å². The van der Waals surface area contributed by atoms with Gasteiger partial charge in [-0.2, -0.15) is 0 Å². The van der Waals surface area contributed by atoms with Crippen LogP contribution in [0.2, 0.25) is 0 Å². The second-order valence-corrected chi connectivity index (χ2v) is 4.76. The predicted molar refractivity (Wildman–Crippen MR) is 71.9 cm³/mol. The molecule has 0 bridgehead atoms. The maximum absolute atomic E-state index is 11.7. The summed E-state index contributed by atoms with van der Waals surface area (Å²) < 4.78 is 0. The molecule has 1 fully saturated rings. The smallest absolute Gasteiger partial charge is 0.323 e. The number of hydrogen-bond acceptors (Lipinski definition) is 2. The lowest BCUT2D eigenvalue weighted by molar-refractivity contribution is 0.129. The van der Waals surface area contributed by atoms with Crippen LogP contribution in [0, 0.1) is 0 Å². The molecule has 2 rings (SSSR count). The number of amides is 2. The number of nitrogens with zero attached hydrogens (tertiary/aromatic N) is 2. The molecule has 0 atom stereocenters.